The second-order valence-corrected chi connectivity index (χ2v) is 14.8. The molecule has 0 spiro atoms. The van der Waals surface area contributed by atoms with Crippen LogP contribution in [0.2, 0.25) is 0 Å². The van der Waals surface area contributed by atoms with E-state index in [1.54, 1.807) is 24.3 Å². The van der Waals surface area contributed by atoms with E-state index >= 15 is 0 Å². The van der Waals surface area contributed by atoms with Gasteiger partial charge in [-0.3, -0.25) is 4.18 Å². The summed E-state index contributed by atoms with van der Waals surface area (Å²) in [6, 6.07) is 19.9. The highest BCUT2D eigenvalue weighted by Gasteiger charge is 2.56. The molecule has 2 saturated carbocycles. The van der Waals surface area contributed by atoms with Gasteiger partial charge in [0.2, 0.25) is 10.0 Å². The van der Waals surface area contributed by atoms with E-state index in [4.69, 9.17) is 14.1 Å². The Hall–Kier alpha value is -3.05. The van der Waals surface area contributed by atoms with Crippen LogP contribution in [-0.4, -0.2) is 28.9 Å². The predicted molar refractivity (Wildman–Crippen MR) is 152 cm³/mol. The van der Waals surface area contributed by atoms with Crippen LogP contribution in [0.4, 0.5) is 0 Å². The van der Waals surface area contributed by atoms with Crippen molar-refractivity contribution in [2.24, 2.45) is 22.4 Å². The lowest BCUT2D eigenvalue weighted by Gasteiger charge is -2.50. The minimum absolute atomic E-state index is 0.208. The maximum atomic E-state index is 13.2. The molecule has 0 amide bonds. The summed E-state index contributed by atoms with van der Waals surface area (Å²) < 4.78 is 61.5. The highest BCUT2D eigenvalue weighted by Crippen LogP contribution is 2.62. The lowest BCUT2D eigenvalue weighted by molar-refractivity contribution is -0.00804. The number of hydrogen-bond donors (Lipinski definition) is 1. The minimum atomic E-state index is -4.19. The highest BCUT2D eigenvalue weighted by atomic mass is 32.2. The molecule has 6 rings (SSSR count). The van der Waals surface area contributed by atoms with Gasteiger partial charge in [-0.05, 0) is 115 Å². The van der Waals surface area contributed by atoms with Crippen LogP contribution in [0.1, 0.15) is 66.4 Å². The second-order valence-electron chi connectivity index (χ2n) is 11.7. The number of aryl methyl sites for hydroxylation is 1. The Morgan fingerprint density at radius 1 is 0.878 bits per heavy atom. The standard InChI is InChI=1S/C31H33NO7S2/c1-31-17-16-26-25-13-11-22(38-30(33)20-6-3-2-4-7-20)18-21(25)10-12-27(26)28(31)14-15-29(31)39-41(36,37)24-9-5-8-23(19-24)40(32,34)35/h2-9,11,13,18-19,26-29H,10,12,14-17H2,1H3,(H2,32,34,35)/t26-,27-,28+,29+,31+/m1/s1. The molecule has 8 nitrogen and oxygen atoms in total. The fraction of sp³-hybridized carbons (Fsp3) is 0.387. The van der Waals surface area contributed by atoms with Gasteiger partial charge < -0.3 is 4.74 Å². The summed E-state index contributed by atoms with van der Waals surface area (Å²) in [6.07, 6.45) is 4.58. The van der Waals surface area contributed by atoms with Gasteiger partial charge in [-0.15, -0.1) is 0 Å². The minimum Gasteiger partial charge on any atom is -0.423 e. The largest absolute Gasteiger partial charge is 0.423 e. The Labute approximate surface area is 241 Å². The Bertz CT molecular complexity index is 1710. The third-order valence-corrected chi connectivity index (χ3v) is 11.7. The first-order valence-corrected chi connectivity index (χ1v) is 16.9. The number of esters is 1. The van der Waals surface area contributed by atoms with Crippen LogP contribution >= 0.6 is 0 Å². The molecule has 0 saturated heterocycles. The van der Waals surface area contributed by atoms with E-state index in [-0.39, 0.29) is 21.2 Å². The maximum absolute atomic E-state index is 13.2. The Balaban J connectivity index is 1.18. The molecule has 0 bridgehead atoms. The van der Waals surface area contributed by atoms with Crippen LogP contribution in [0.25, 0.3) is 0 Å². The van der Waals surface area contributed by atoms with Gasteiger partial charge in [0.15, 0.2) is 0 Å². The van der Waals surface area contributed by atoms with E-state index in [1.807, 2.05) is 18.2 Å². The maximum Gasteiger partial charge on any atom is 0.343 e. The summed E-state index contributed by atoms with van der Waals surface area (Å²) in [5.41, 5.74) is 2.69. The van der Waals surface area contributed by atoms with E-state index in [0.29, 0.717) is 35.5 Å². The van der Waals surface area contributed by atoms with E-state index in [2.05, 4.69) is 13.0 Å². The molecule has 3 aliphatic rings. The molecular formula is C31H33NO7S2. The van der Waals surface area contributed by atoms with Crippen molar-refractivity contribution in [2.45, 2.75) is 67.3 Å². The van der Waals surface area contributed by atoms with Crippen molar-refractivity contribution in [3.05, 3.63) is 89.5 Å². The molecule has 2 N–H and O–H groups in total. The van der Waals surface area contributed by atoms with Gasteiger partial charge >= 0.3 is 5.97 Å². The van der Waals surface area contributed by atoms with Gasteiger partial charge in [-0.1, -0.05) is 37.3 Å². The van der Waals surface area contributed by atoms with Crippen molar-refractivity contribution >= 4 is 26.1 Å². The molecule has 3 aromatic carbocycles. The number of carbonyl (C=O) groups excluding carboxylic acids is 1. The zero-order chi connectivity index (χ0) is 29.0. The van der Waals surface area contributed by atoms with Gasteiger partial charge in [0, 0.05) is 0 Å². The van der Waals surface area contributed by atoms with Crippen molar-refractivity contribution in [2.75, 3.05) is 0 Å². The molecular weight excluding hydrogens is 562 g/mol. The average Bonchev–Trinajstić information content (AvgIpc) is 3.28. The number of carbonyl (C=O) groups is 1. The number of nitrogens with two attached hydrogens (primary N) is 1. The van der Waals surface area contributed by atoms with Gasteiger partial charge in [0.05, 0.1) is 21.5 Å². The Kier molecular flexibility index (Phi) is 7.09. The van der Waals surface area contributed by atoms with Gasteiger partial charge in [-0.25, -0.2) is 18.4 Å². The second kappa shape index (κ2) is 10.3. The highest BCUT2D eigenvalue weighted by molar-refractivity contribution is 7.89. The summed E-state index contributed by atoms with van der Waals surface area (Å²) in [4.78, 5) is 12.1. The summed E-state index contributed by atoms with van der Waals surface area (Å²) >= 11 is 0. The smallest absolute Gasteiger partial charge is 0.343 e. The van der Waals surface area contributed by atoms with Crippen LogP contribution < -0.4 is 9.88 Å². The zero-order valence-corrected chi connectivity index (χ0v) is 24.4. The molecule has 3 aliphatic carbocycles. The van der Waals surface area contributed by atoms with Crippen LogP contribution in [0.3, 0.4) is 0 Å². The third-order valence-electron chi connectivity index (χ3n) is 9.50. The number of rotatable bonds is 6. The summed E-state index contributed by atoms with van der Waals surface area (Å²) in [7, 11) is -8.24. The molecule has 3 aromatic rings. The van der Waals surface area contributed by atoms with Crippen LogP contribution in [0.5, 0.6) is 5.75 Å². The molecule has 2 fully saturated rings. The molecule has 216 valence electrons. The number of sulfonamides is 1. The number of hydrogen-bond acceptors (Lipinski definition) is 7. The average molecular weight is 596 g/mol. The van der Waals surface area contributed by atoms with Crippen molar-refractivity contribution in [3.8, 4) is 5.75 Å². The first-order valence-electron chi connectivity index (χ1n) is 13.9. The van der Waals surface area contributed by atoms with E-state index in [9.17, 15) is 21.6 Å². The number of primary sulfonamides is 1. The monoisotopic (exact) mass is 595 g/mol. The number of ether oxygens (including phenoxy) is 1. The SMILES string of the molecule is C[C@]12CC[C@@H]3c4ccc(OC(=O)c5ccccc5)cc4CC[C@H]3[C@@H]1CC[C@@H]2OS(=O)(=O)c1cccc(S(N)(=O)=O)c1. The Morgan fingerprint density at radius 2 is 1.63 bits per heavy atom. The molecule has 0 heterocycles. The predicted octanol–water partition coefficient (Wildman–Crippen LogP) is 5.18. The molecule has 0 aromatic heterocycles. The van der Waals surface area contributed by atoms with E-state index in [0.717, 1.165) is 38.2 Å². The van der Waals surface area contributed by atoms with Gasteiger partial charge in [-0.2, -0.15) is 8.42 Å². The van der Waals surface area contributed by atoms with Crippen LogP contribution in [0.15, 0.2) is 82.6 Å². The van der Waals surface area contributed by atoms with Crippen LogP contribution in [-0.2, 0) is 30.7 Å². The van der Waals surface area contributed by atoms with Crippen molar-refractivity contribution in [1.29, 1.82) is 0 Å². The molecule has 5 atom stereocenters. The number of benzene rings is 3. The molecule has 0 radical (unpaired) electrons. The van der Waals surface area contributed by atoms with Crippen molar-refractivity contribution in [3.63, 3.8) is 0 Å². The van der Waals surface area contributed by atoms with Gasteiger partial charge in [0.1, 0.15) is 5.75 Å². The van der Waals surface area contributed by atoms with Crippen molar-refractivity contribution < 1.29 is 30.6 Å². The fourth-order valence-electron chi connectivity index (χ4n) is 7.49. The normalized spacial score (nSPS) is 27.4. The first-order chi connectivity index (χ1) is 19.5. The quantitative estimate of drug-likeness (QED) is 0.236. The van der Waals surface area contributed by atoms with E-state index in [1.165, 1.54) is 29.3 Å². The van der Waals surface area contributed by atoms with Gasteiger partial charge in [0.25, 0.3) is 10.1 Å². The summed E-state index contributed by atoms with van der Waals surface area (Å²) in [5, 5.41) is 5.21. The number of fused-ring (bicyclic) bond motifs is 5. The molecule has 0 unspecified atom stereocenters. The summed E-state index contributed by atoms with van der Waals surface area (Å²) in [6.45, 7) is 2.14. The topological polar surface area (TPSA) is 130 Å². The van der Waals surface area contributed by atoms with Crippen molar-refractivity contribution in [1.82, 2.24) is 0 Å². The molecule has 10 heteroatoms. The third kappa shape index (κ3) is 5.22. The van der Waals surface area contributed by atoms with E-state index < -0.39 is 26.2 Å². The first kappa shape index (κ1) is 28.1. The summed E-state index contributed by atoms with van der Waals surface area (Å²) in [5.74, 6) is 1.23. The lowest BCUT2D eigenvalue weighted by atomic mass is 9.55. The zero-order valence-electron chi connectivity index (χ0n) is 22.7. The van der Waals surface area contributed by atoms with Crippen LogP contribution in [0, 0.1) is 17.3 Å². The lowest BCUT2D eigenvalue weighted by Crippen LogP contribution is -2.45. The molecule has 0 aliphatic heterocycles. The fourth-order valence-corrected chi connectivity index (χ4v) is 9.37. The molecule has 41 heavy (non-hydrogen) atoms. The Morgan fingerprint density at radius 3 is 2.39 bits per heavy atom.